The van der Waals surface area contributed by atoms with Crippen molar-refractivity contribution in [1.82, 2.24) is 4.90 Å². The molecule has 0 bridgehead atoms. The zero-order valence-electron chi connectivity index (χ0n) is 11.2. The first kappa shape index (κ1) is 14.5. The average molecular weight is 254 g/mol. The van der Waals surface area contributed by atoms with Gasteiger partial charge in [0.25, 0.3) is 0 Å². The number of unbranched alkanes of at least 4 members (excludes halogenated alkanes) is 1. The molecular weight excluding hydrogens is 230 g/mol. The highest BCUT2D eigenvalue weighted by Crippen LogP contribution is 2.22. The van der Waals surface area contributed by atoms with Crippen molar-refractivity contribution in [2.24, 2.45) is 0 Å². The Hall–Kier alpha value is -0.530. The molecule has 0 radical (unpaired) electrons. The fraction of sp³-hybridized carbons (Fsp3) is 0.600. The third kappa shape index (κ3) is 5.10. The number of benzene rings is 1. The first-order valence-electron chi connectivity index (χ1n) is 6.60. The van der Waals surface area contributed by atoms with Gasteiger partial charge in [0.05, 0.1) is 5.38 Å². The van der Waals surface area contributed by atoms with Crippen LogP contribution < -0.4 is 0 Å². The summed E-state index contributed by atoms with van der Waals surface area (Å²) < 4.78 is 0. The number of aryl methyl sites for hydroxylation is 1. The predicted octanol–water partition coefficient (Wildman–Crippen LogP) is 4.40. The Labute approximate surface area is 111 Å². The molecule has 1 atom stereocenters. The van der Waals surface area contributed by atoms with E-state index in [2.05, 4.69) is 49.9 Å². The van der Waals surface area contributed by atoms with E-state index in [1.54, 1.807) is 0 Å². The molecule has 1 unspecified atom stereocenters. The van der Waals surface area contributed by atoms with Gasteiger partial charge in [0, 0.05) is 6.54 Å². The standard InChI is InChI=1S/C15H24ClN/c1-4-6-11-17(5-2)12-15(16)14-9-7-13(3)8-10-14/h7-10,15H,4-6,11-12H2,1-3H3. The molecule has 1 nitrogen and oxygen atoms in total. The molecular formula is C15H24ClN. The molecule has 1 aromatic rings. The zero-order chi connectivity index (χ0) is 12.7. The maximum Gasteiger partial charge on any atom is 0.0712 e. The minimum absolute atomic E-state index is 0.104. The molecule has 17 heavy (non-hydrogen) atoms. The molecule has 0 fully saturated rings. The normalized spacial score (nSPS) is 13.0. The molecule has 0 aromatic heterocycles. The smallest absolute Gasteiger partial charge is 0.0712 e. The van der Waals surface area contributed by atoms with E-state index in [9.17, 15) is 0 Å². The van der Waals surface area contributed by atoms with Gasteiger partial charge in [-0.2, -0.15) is 0 Å². The van der Waals surface area contributed by atoms with E-state index in [0.717, 1.165) is 19.6 Å². The van der Waals surface area contributed by atoms with Gasteiger partial charge < -0.3 is 4.90 Å². The summed E-state index contributed by atoms with van der Waals surface area (Å²) in [5.41, 5.74) is 2.52. The van der Waals surface area contributed by atoms with Crippen molar-refractivity contribution in [1.29, 1.82) is 0 Å². The highest BCUT2D eigenvalue weighted by molar-refractivity contribution is 6.21. The number of hydrogen-bond donors (Lipinski definition) is 0. The Kier molecular flexibility index (Phi) is 6.61. The largest absolute Gasteiger partial charge is 0.302 e. The maximum absolute atomic E-state index is 6.47. The minimum atomic E-state index is 0.104. The summed E-state index contributed by atoms with van der Waals surface area (Å²) in [6.07, 6.45) is 2.50. The van der Waals surface area contributed by atoms with E-state index in [1.165, 1.54) is 24.0 Å². The quantitative estimate of drug-likeness (QED) is 0.651. The van der Waals surface area contributed by atoms with Gasteiger partial charge in [-0.25, -0.2) is 0 Å². The van der Waals surface area contributed by atoms with Crippen LogP contribution in [0.3, 0.4) is 0 Å². The molecule has 0 aliphatic rings. The van der Waals surface area contributed by atoms with Gasteiger partial charge in [0.2, 0.25) is 0 Å². The number of rotatable bonds is 7. The molecule has 0 aliphatic carbocycles. The lowest BCUT2D eigenvalue weighted by Gasteiger charge is -2.23. The predicted molar refractivity (Wildman–Crippen MR) is 76.8 cm³/mol. The summed E-state index contributed by atoms with van der Waals surface area (Å²) >= 11 is 6.47. The highest BCUT2D eigenvalue weighted by Gasteiger charge is 2.11. The first-order chi connectivity index (χ1) is 8.17. The molecule has 0 amide bonds. The van der Waals surface area contributed by atoms with E-state index < -0.39 is 0 Å². The molecule has 0 saturated heterocycles. The van der Waals surface area contributed by atoms with Crippen molar-refractivity contribution in [3.8, 4) is 0 Å². The second kappa shape index (κ2) is 7.73. The molecule has 96 valence electrons. The number of nitrogens with zero attached hydrogens (tertiary/aromatic N) is 1. The van der Waals surface area contributed by atoms with Gasteiger partial charge in [0.1, 0.15) is 0 Å². The van der Waals surface area contributed by atoms with E-state index in [1.807, 2.05) is 0 Å². The Morgan fingerprint density at radius 2 is 1.82 bits per heavy atom. The van der Waals surface area contributed by atoms with Gasteiger partial charge in [0.15, 0.2) is 0 Å². The van der Waals surface area contributed by atoms with Crippen molar-refractivity contribution >= 4 is 11.6 Å². The molecule has 0 saturated carbocycles. The third-order valence-electron chi connectivity index (χ3n) is 3.13. The number of halogens is 1. The van der Waals surface area contributed by atoms with Crippen molar-refractivity contribution in [2.75, 3.05) is 19.6 Å². The lowest BCUT2D eigenvalue weighted by atomic mass is 10.1. The van der Waals surface area contributed by atoms with Crippen molar-refractivity contribution in [2.45, 2.75) is 39.0 Å². The molecule has 0 heterocycles. The second-order valence-corrected chi connectivity index (χ2v) is 5.15. The van der Waals surface area contributed by atoms with E-state index in [4.69, 9.17) is 11.6 Å². The average Bonchev–Trinajstić information content (AvgIpc) is 2.35. The summed E-state index contributed by atoms with van der Waals surface area (Å²) in [7, 11) is 0. The van der Waals surface area contributed by atoms with E-state index in [-0.39, 0.29) is 5.38 Å². The van der Waals surface area contributed by atoms with Crippen LogP contribution in [0, 0.1) is 6.92 Å². The van der Waals surface area contributed by atoms with Crippen LogP contribution >= 0.6 is 11.6 Å². The number of likely N-dealkylation sites (N-methyl/N-ethyl adjacent to an activating group) is 1. The monoisotopic (exact) mass is 253 g/mol. The maximum atomic E-state index is 6.47. The van der Waals surface area contributed by atoms with Crippen LogP contribution in [0.4, 0.5) is 0 Å². The number of hydrogen-bond acceptors (Lipinski definition) is 1. The Morgan fingerprint density at radius 1 is 1.18 bits per heavy atom. The van der Waals surface area contributed by atoms with Gasteiger partial charge in [-0.15, -0.1) is 11.6 Å². The van der Waals surface area contributed by atoms with Gasteiger partial charge in [-0.05, 0) is 32.0 Å². The lowest BCUT2D eigenvalue weighted by molar-refractivity contribution is 0.283. The number of alkyl halides is 1. The minimum Gasteiger partial charge on any atom is -0.302 e. The van der Waals surface area contributed by atoms with E-state index in [0.29, 0.717) is 0 Å². The third-order valence-corrected chi connectivity index (χ3v) is 3.52. The lowest BCUT2D eigenvalue weighted by Crippen LogP contribution is -2.28. The summed E-state index contributed by atoms with van der Waals surface area (Å²) in [6.45, 7) is 9.71. The van der Waals surface area contributed by atoms with Crippen LogP contribution in [0.25, 0.3) is 0 Å². The van der Waals surface area contributed by atoms with Crippen molar-refractivity contribution in [3.63, 3.8) is 0 Å². The molecule has 0 spiro atoms. The highest BCUT2D eigenvalue weighted by atomic mass is 35.5. The van der Waals surface area contributed by atoms with Crippen LogP contribution in [0.5, 0.6) is 0 Å². The Bertz CT molecular complexity index is 307. The van der Waals surface area contributed by atoms with Crippen molar-refractivity contribution in [3.05, 3.63) is 35.4 Å². The van der Waals surface area contributed by atoms with Gasteiger partial charge >= 0.3 is 0 Å². The second-order valence-electron chi connectivity index (χ2n) is 4.63. The topological polar surface area (TPSA) is 3.24 Å². The van der Waals surface area contributed by atoms with Gasteiger partial charge in [-0.3, -0.25) is 0 Å². The van der Waals surface area contributed by atoms with Crippen LogP contribution in [0.15, 0.2) is 24.3 Å². The van der Waals surface area contributed by atoms with Crippen LogP contribution in [0.2, 0.25) is 0 Å². The molecule has 2 heteroatoms. The van der Waals surface area contributed by atoms with Crippen LogP contribution in [-0.4, -0.2) is 24.5 Å². The summed E-state index contributed by atoms with van der Waals surface area (Å²) in [4.78, 5) is 2.43. The Balaban J connectivity index is 2.51. The summed E-state index contributed by atoms with van der Waals surface area (Å²) in [5, 5.41) is 0.104. The fourth-order valence-electron chi connectivity index (χ4n) is 1.87. The SMILES string of the molecule is CCCCN(CC)CC(Cl)c1ccc(C)cc1. The van der Waals surface area contributed by atoms with E-state index >= 15 is 0 Å². The Morgan fingerprint density at radius 3 is 2.35 bits per heavy atom. The summed E-state index contributed by atoms with van der Waals surface area (Å²) in [5.74, 6) is 0. The molecule has 1 aromatic carbocycles. The van der Waals surface area contributed by atoms with Gasteiger partial charge in [-0.1, -0.05) is 50.1 Å². The first-order valence-corrected chi connectivity index (χ1v) is 7.04. The van der Waals surface area contributed by atoms with Crippen molar-refractivity contribution < 1.29 is 0 Å². The molecule has 0 N–H and O–H groups in total. The zero-order valence-corrected chi connectivity index (χ0v) is 12.0. The fourth-order valence-corrected chi connectivity index (χ4v) is 2.21. The van der Waals surface area contributed by atoms with Crippen LogP contribution in [0.1, 0.15) is 43.2 Å². The molecule has 0 aliphatic heterocycles. The summed E-state index contributed by atoms with van der Waals surface area (Å²) in [6, 6.07) is 8.54. The molecule has 1 rings (SSSR count). The van der Waals surface area contributed by atoms with Crippen LogP contribution in [-0.2, 0) is 0 Å².